The molecule has 0 heterocycles. The third-order valence-electron chi connectivity index (χ3n) is 5.81. The molecule has 0 aromatic heterocycles. The first-order valence-corrected chi connectivity index (χ1v) is 9.44. The van der Waals surface area contributed by atoms with Gasteiger partial charge in [-0.25, -0.2) is 0 Å². The average molecular weight is 361 g/mol. The van der Waals surface area contributed by atoms with Crippen LogP contribution in [0.15, 0.2) is 29.3 Å². The van der Waals surface area contributed by atoms with Gasteiger partial charge in [-0.2, -0.15) is 15.8 Å². The van der Waals surface area contributed by atoms with Crippen LogP contribution in [0, 0.1) is 34.0 Å². The Hall–Kier alpha value is -2.97. The van der Waals surface area contributed by atoms with Crippen LogP contribution in [-0.2, 0) is 5.41 Å². The molecule has 3 rings (SSSR count). The van der Waals surface area contributed by atoms with Crippen molar-refractivity contribution in [3.05, 3.63) is 34.9 Å². The molecule has 5 nitrogen and oxygen atoms in total. The van der Waals surface area contributed by atoms with E-state index in [-0.39, 0.29) is 11.7 Å². The van der Waals surface area contributed by atoms with Crippen LogP contribution in [0.2, 0.25) is 0 Å². The van der Waals surface area contributed by atoms with Crippen molar-refractivity contribution in [3.63, 3.8) is 0 Å². The van der Waals surface area contributed by atoms with Crippen molar-refractivity contribution in [3.8, 4) is 29.7 Å². The topological polar surface area (TPSA) is 89.8 Å². The summed E-state index contributed by atoms with van der Waals surface area (Å²) in [5, 5.41) is 28.1. The van der Waals surface area contributed by atoms with Crippen molar-refractivity contribution in [1.82, 2.24) is 0 Å². The molecule has 2 saturated carbocycles. The summed E-state index contributed by atoms with van der Waals surface area (Å²) in [5.41, 5.74) is 1.36. The lowest BCUT2D eigenvalue weighted by Gasteiger charge is -2.33. The molecule has 0 radical (unpaired) electrons. The second-order valence-corrected chi connectivity index (χ2v) is 7.29. The predicted molar refractivity (Wildman–Crippen MR) is 99.9 cm³/mol. The SMILES string of the molecule is COc1ccc(C2(C#N)CCC(=C(C#N)C#N)CC2)cc1OC1CCCC1. The zero-order valence-electron chi connectivity index (χ0n) is 15.6. The molecule has 0 amide bonds. The summed E-state index contributed by atoms with van der Waals surface area (Å²) in [5.74, 6) is 1.39. The molecule has 1 aromatic rings. The highest BCUT2D eigenvalue weighted by Crippen LogP contribution is 2.44. The molecule has 27 heavy (non-hydrogen) atoms. The quantitative estimate of drug-likeness (QED) is 0.725. The molecule has 138 valence electrons. The number of nitriles is 3. The van der Waals surface area contributed by atoms with E-state index in [1.165, 1.54) is 12.8 Å². The number of rotatable bonds is 4. The average Bonchev–Trinajstić information content (AvgIpc) is 3.22. The van der Waals surface area contributed by atoms with E-state index in [0.29, 0.717) is 37.2 Å². The number of hydrogen-bond donors (Lipinski definition) is 0. The van der Waals surface area contributed by atoms with Crippen LogP contribution in [0.5, 0.6) is 11.5 Å². The number of nitrogens with zero attached hydrogens (tertiary/aromatic N) is 3. The minimum absolute atomic E-state index is 0.196. The van der Waals surface area contributed by atoms with E-state index in [4.69, 9.17) is 20.0 Å². The van der Waals surface area contributed by atoms with Gasteiger partial charge in [0, 0.05) is 0 Å². The molecular formula is C22H23N3O2. The van der Waals surface area contributed by atoms with E-state index in [0.717, 1.165) is 24.0 Å². The predicted octanol–water partition coefficient (Wildman–Crippen LogP) is 4.70. The maximum absolute atomic E-state index is 9.97. The fourth-order valence-electron chi connectivity index (χ4n) is 4.13. The monoisotopic (exact) mass is 361 g/mol. The Morgan fingerprint density at radius 2 is 1.70 bits per heavy atom. The maximum atomic E-state index is 9.97. The standard InChI is InChI=1S/C22H23N3O2/c1-26-20-7-6-18(12-21(20)27-19-4-2-3-5-19)22(15-25)10-8-16(9-11-22)17(13-23)14-24/h6-7,12,19H,2-5,8-11H2,1H3. The number of allylic oxidation sites excluding steroid dienone is 2. The van der Waals surface area contributed by atoms with Crippen LogP contribution >= 0.6 is 0 Å². The van der Waals surface area contributed by atoms with Crippen molar-refractivity contribution in [2.75, 3.05) is 7.11 Å². The third-order valence-corrected chi connectivity index (χ3v) is 5.81. The molecule has 0 aliphatic heterocycles. The summed E-state index contributed by atoms with van der Waals surface area (Å²) in [6, 6.07) is 12.2. The number of benzene rings is 1. The number of hydrogen-bond acceptors (Lipinski definition) is 5. The smallest absolute Gasteiger partial charge is 0.161 e. The van der Waals surface area contributed by atoms with Crippen LogP contribution in [0.4, 0.5) is 0 Å². The zero-order valence-corrected chi connectivity index (χ0v) is 15.6. The third kappa shape index (κ3) is 3.76. The highest BCUT2D eigenvalue weighted by molar-refractivity contribution is 5.49. The summed E-state index contributed by atoms with van der Waals surface area (Å²) in [4.78, 5) is 0. The Labute approximate surface area is 160 Å². The van der Waals surface area contributed by atoms with E-state index >= 15 is 0 Å². The van der Waals surface area contributed by atoms with Crippen molar-refractivity contribution in [2.24, 2.45) is 0 Å². The molecule has 5 heteroatoms. The van der Waals surface area contributed by atoms with Gasteiger partial charge in [-0.3, -0.25) is 0 Å². The van der Waals surface area contributed by atoms with Gasteiger partial charge in [-0.1, -0.05) is 6.07 Å². The Morgan fingerprint density at radius 1 is 1.04 bits per heavy atom. The molecule has 0 saturated heterocycles. The lowest BCUT2D eigenvalue weighted by atomic mass is 9.68. The first-order valence-electron chi connectivity index (χ1n) is 9.44. The van der Waals surface area contributed by atoms with E-state index < -0.39 is 5.41 Å². The molecule has 0 atom stereocenters. The Morgan fingerprint density at radius 3 is 2.26 bits per heavy atom. The highest BCUT2D eigenvalue weighted by atomic mass is 16.5. The summed E-state index contributed by atoms with van der Waals surface area (Å²) >= 11 is 0. The Kier molecular flexibility index (Phi) is 5.68. The minimum Gasteiger partial charge on any atom is -0.493 e. The van der Waals surface area contributed by atoms with E-state index in [2.05, 4.69) is 6.07 Å². The Bertz CT molecular complexity index is 835. The number of methoxy groups -OCH3 is 1. The molecule has 2 aliphatic carbocycles. The lowest BCUT2D eigenvalue weighted by molar-refractivity contribution is 0.200. The van der Waals surface area contributed by atoms with Crippen molar-refractivity contribution in [1.29, 1.82) is 15.8 Å². The van der Waals surface area contributed by atoms with Gasteiger partial charge in [-0.05, 0) is 74.6 Å². The van der Waals surface area contributed by atoms with Crippen molar-refractivity contribution in [2.45, 2.75) is 62.9 Å². The fourth-order valence-corrected chi connectivity index (χ4v) is 4.13. The largest absolute Gasteiger partial charge is 0.493 e. The first-order chi connectivity index (χ1) is 13.2. The van der Waals surface area contributed by atoms with Gasteiger partial charge in [-0.15, -0.1) is 0 Å². The molecule has 2 aliphatic rings. The van der Waals surface area contributed by atoms with Crippen molar-refractivity contribution < 1.29 is 9.47 Å². The van der Waals surface area contributed by atoms with Gasteiger partial charge < -0.3 is 9.47 Å². The van der Waals surface area contributed by atoms with E-state index in [9.17, 15) is 5.26 Å². The zero-order chi connectivity index (χ0) is 19.3. The van der Waals surface area contributed by atoms with E-state index in [1.807, 2.05) is 30.3 Å². The molecule has 0 N–H and O–H groups in total. The van der Waals surface area contributed by atoms with Crippen LogP contribution in [0.3, 0.4) is 0 Å². The molecular weight excluding hydrogens is 338 g/mol. The molecule has 0 unspecified atom stereocenters. The fraction of sp³-hybridized carbons (Fsp3) is 0.500. The van der Waals surface area contributed by atoms with Gasteiger partial charge in [0.1, 0.15) is 17.7 Å². The summed E-state index contributed by atoms with van der Waals surface area (Å²) in [7, 11) is 1.62. The van der Waals surface area contributed by atoms with Gasteiger partial charge >= 0.3 is 0 Å². The summed E-state index contributed by atoms with van der Waals surface area (Å²) < 4.78 is 11.6. The van der Waals surface area contributed by atoms with Gasteiger partial charge in [0.2, 0.25) is 0 Å². The summed E-state index contributed by atoms with van der Waals surface area (Å²) in [6.45, 7) is 0. The van der Waals surface area contributed by atoms with Crippen LogP contribution in [0.1, 0.15) is 56.9 Å². The molecule has 1 aromatic carbocycles. The van der Waals surface area contributed by atoms with Gasteiger partial charge in [0.05, 0.1) is 24.7 Å². The highest BCUT2D eigenvalue weighted by Gasteiger charge is 2.37. The molecule has 2 fully saturated rings. The van der Waals surface area contributed by atoms with Gasteiger partial charge in [0.25, 0.3) is 0 Å². The molecule has 0 bridgehead atoms. The first kappa shape index (κ1) is 18.8. The maximum Gasteiger partial charge on any atom is 0.161 e. The minimum atomic E-state index is -0.625. The van der Waals surface area contributed by atoms with Crippen molar-refractivity contribution >= 4 is 0 Å². The summed E-state index contributed by atoms with van der Waals surface area (Å²) in [6.07, 6.45) is 7.06. The lowest BCUT2D eigenvalue weighted by Crippen LogP contribution is -2.28. The van der Waals surface area contributed by atoms with E-state index in [1.54, 1.807) is 7.11 Å². The Balaban J connectivity index is 1.88. The second kappa shape index (κ2) is 8.15. The van der Waals surface area contributed by atoms with Crippen LogP contribution in [-0.4, -0.2) is 13.2 Å². The van der Waals surface area contributed by atoms with Crippen LogP contribution < -0.4 is 9.47 Å². The second-order valence-electron chi connectivity index (χ2n) is 7.29. The normalized spacial score (nSPS) is 22.4. The van der Waals surface area contributed by atoms with Crippen LogP contribution in [0.25, 0.3) is 0 Å². The molecule has 0 spiro atoms. The van der Waals surface area contributed by atoms with Gasteiger partial charge in [0.15, 0.2) is 11.5 Å². The number of ether oxygens (including phenoxy) is 2.